The van der Waals surface area contributed by atoms with Crippen LogP contribution in [0.25, 0.3) is 0 Å². The van der Waals surface area contributed by atoms with Gasteiger partial charge in [0.05, 0.1) is 5.56 Å². The monoisotopic (exact) mass is 258 g/mol. The van der Waals surface area contributed by atoms with Crippen molar-refractivity contribution >= 4 is 5.97 Å². The predicted molar refractivity (Wildman–Crippen MR) is 79.1 cm³/mol. The van der Waals surface area contributed by atoms with E-state index >= 15 is 0 Å². The highest BCUT2D eigenvalue weighted by Gasteiger charge is 2.24. The van der Waals surface area contributed by atoms with Gasteiger partial charge in [0.15, 0.2) is 0 Å². The van der Waals surface area contributed by atoms with Gasteiger partial charge < -0.3 is 4.74 Å². The Balaban J connectivity index is 2.67. The second-order valence-corrected chi connectivity index (χ2v) is 5.09. The first-order valence-corrected chi connectivity index (χ1v) is 6.52. The van der Waals surface area contributed by atoms with E-state index in [0.29, 0.717) is 5.56 Å². The van der Waals surface area contributed by atoms with Gasteiger partial charge in [0.1, 0.15) is 5.60 Å². The third kappa shape index (κ3) is 5.12. The summed E-state index contributed by atoms with van der Waals surface area (Å²) in [4.78, 5) is 12.0. The first-order chi connectivity index (χ1) is 8.97. The highest BCUT2D eigenvalue weighted by atomic mass is 16.6. The van der Waals surface area contributed by atoms with Crippen molar-refractivity contribution in [1.82, 2.24) is 0 Å². The van der Waals surface area contributed by atoms with Crippen LogP contribution in [0.3, 0.4) is 0 Å². The zero-order valence-corrected chi connectivity index (χ0v) is 12.0. The molecule has 1 atom stereocenters. The Morgan fingerprint density at radius 3 is 2.47 bits per heavy atom. The summed E-state index contributed by atoms with van der Waals surface area (Å²) in [6, 6.07) is 9.03. The van der Waals surface area contributed by atoms with E-state index in [9.17, 15) is 4.79 Å². The van der Waals surface area contributed by atoms with E-state index in [1.165, 1.54) is 5.57 Å². The molecule has 0 bridgehead atoms. The quantitative estimate of drug-likeness (QED) is 0.553. The van der Waals surface area contributed by atoms with Crippen molar-refractivity contribution in [3.8, 4) is 0 Å². The van der Waals surface area contributed by atoms with Gasteiger partial charge in [0, 0.05) is 0 Å². The molecule has 0 fully saturated rings. The molecule has 2 heteroatoms. The summed E-state index contributed by atoms with van der Waals surface area (Å²) in [6.45, 7) is 9.78. The van der Waals surface area contributed by atoms with E-state index in [-0.39, 0.29) is 5.97 Å². The third-order valence-electron chi connectivity index (χ3n) is 2.96. The zero-order chi connectivity index (χ0) is 14.3. The van der Waals surface area contributed by atoms with E-state index in [0.717, 1.165) is 12.8 Å². The molecule has 0 radical (unpaired) electrons. The fourth-order valence-electron chi connectivity index (χ4n) is 1.69. The molecule has 102 valence electrons. The molecule has 0 saturated carbocycles. The molecular weight excluding hydrogens is 236 g/mol. The molecule has 19 heavy (non-hydrogen) atoms. The minimum absolute atomic E-state index is 0.305. The standard InChI is InChI=1S/C17H22O2/c1-5-17(4,13-9-10-14(2)3)19-16(18)15-11-7-6-8-12-15/h5-8,10-12H,1,9,13H2,2-4H3/t17-/m0/s1. The fraction of sp³-hybridized carbons (Fsp3) is 0.353. The molecule has 0 saturated heterocycles. The summed E-state index contributed by atoms with van der Waals surface area (Å²) in [5, 5.41) is 0. The van der Waals surface area contributed by atoms with Crippen molar-refractivity contribution in [2.45, 2.75) is 39.2 Å². The number of ether oxygens (including phenoxy) is 1. The summed E-state index contributed by atoms with van der Waals surface area (Å²) >= 11 is 0. The molecule has 2 nitrogen and oxygen atoms in total. The highest BCUT2D eigenvalue weighted by molar-refractivity contribution is 5.89. The van der Waals surface area contributed by atoms with Gasteiger partial charge in [-0.25, -0.2) is 4.79 Å². The van der Waals surface area contributed by atoms with Gasteiger partial charge in [-0.3, -0.25) is 0 Å². The molecule has 0 aliphatic carbocycles. The van der Waals surface area contributed by atoms with Gasteiger partial charge in [-0.2, -0.15) is 0 Å². The molecule has 0 heterocycles. The minimum Gasteiger partial charge on any atom is -0.452 e. The smallest absolute Gasteiger partial charge is 0.338 e. The lowest BCUT2D eigenvalue weighted by Gasteiger charge is -2.25. The SMILES string of the molecule is C=C[C@@](C)(CCC=C(C)C)OC(=O)c1ccccc1. The second-order valence-electron chi connectivity index (χ2n) is 5.09. The normalized spacial score (nSPS) is 13.2. The van der Waals surface area contributed by atoms with Crippen LogP contribution in [0.5, 0.6) is 0 Å². The number of hydrogen-bond donors (Lipinski definition) is 0. The Labute approximate surface area is 115 Å². The second kappa shape index (κ2) is 6.93. The largest absolute Gasteiger partial charge is 0.452 e. The molecule has 0 N–H and O–H groups in total. The van der Waals surface area contributed by atoms with Crippen LogP contribution >= 0.6 is 0 Å². The molecule has 0 spiro atoms. The van der Waals surface area contributed by atoms with E-state index < -0.39 is 5.60 Å². The molecular formula is C17H22O2. The third-order valence-corrected chi connectivity index (χ3v) is 2.96. The maximum absolute atomic E-state index is 12.0. The van der Waals surface area contributed by atoms with E-state index in [4.69, 9.17) is 4.74 Å². The van der Waals surface area contributed by atoms with Crippen LogP contribution in [-0.2, 0) is 4.74 Å². The van der Waals surface area contributed by atoms with Gasteiger partial charge in [0.25, 0.3) is 0 Å². The molecule has 1 aromatic rings. The number of carbonyl (C=O) groups is 1. The number of esters is 1. The lowest BCUT2D eigenvalue weighted by molar-refractivity contribution is 0.00835. The van der Waals surface area contributed by atoms with Crippen LogP contribution in [0.2, 0.25) is 0 Å². The predicted octanol–water partition coefficient (Wildman–Crippen LogP) is 4.53. The Hall–Kier alpha value is -1.83. The molecule has 1 aromatic carbocycles. The van der Waals surface area contributed by atoms with Crippen LogP contribution < -0.4 is 0 Å². The number of hydrogen-bond acceptors (Lipinski definition) is 2. The Kier molecular flexibility index (Phi) is 5.56. The Morgan fingerprint density at radius 2 is 1.95 bits per heavy atom. The van der Waals surface area contributed by atoms with Gasteiger partial charge in [0.2, 0.25) is 0 Å². The Morgan fingerprint density at radius 1 is 1.32 bits per heavy atom. The molecule has 0 aliphatic rings. The lowest BCUT2D eigenvalue weighted by Crippen LogP contribution is -2.29. The highest BCUT2D eigenvalue weighted by Crippen LogP contribution is 2.21. The van der Waals surface area contributed by atoms with Crippen molar-refractivity contribution in [3.63, 3.8) is 0 Å². The fourth-order valence-corrected chi connectivity index (χ4v) is 1.69. The number of rotatable bonds is 6. The maximum atomic E-state index is 12.0. The summed E-state index contributed by atoms with van der Waals surface area (Å²) in [6.07, 6.45) is 5.44. The average Bonchev–Trinajstić information content (AvgIpc) is 2.39. The van der Waals surface area contributed by atoms with Crippen LogP contribution in [-0.4, -0.2) is 11.6 Å². The topological polar surface area (TPSA) is 26.3 Å². The molecule has 0 aliphatic heterocycles. The number of carbonyl (C=O) groups excluding carboxylic acids is 1. The van der Waals surface area contributed by atoms with Crippen LogP contribution in [0.4, 0.5) is 0 Å². The van der Waals surface area contributed by atoms with E-state index in [2.05, 4.69) is 26.5 Å². The molecule has 0 amide bonds. The number of benzene rings is 1. The van der Waals surface area contributed by atoms with Crippen LogP contribution in [0.15, 0.2) is 54.6 Å². The maximum Gasteiger partial charge on any atom is 0.338 e. The van der Waals surface area contributed by atoms with Gasteiger partial charge in [-0.1, -0.05) is 36.4 Å². The summed E-state index contributed by atoms with van der Waals surface area (Å²) in [5.74, 6) is -0.305. The van der Waals surface area contributed by atoms with Crippen molar-refractivity contribution in [2.75, 3.05) is 0 Å². The van der Waals surface area contributed by atoms with Crippen molar-refractivity contribution < 1.29 is 9.53 Å². The van der Waals surface area contributed by atoms with Crippen molar-refractivity contribution in [2.24, 2.45) is 0 Å². The molecule has 1 rings (SSSR count). The summed E-state index contributed by atoms with van der Waals surface area (Å²) in [7, 11) is 0. The van der Waals surface area contributed by atoms with Crippen molar-refractivity contribution in [1.29, 1.82) is 0 Å². The zero-order valence-electron chi connectivity index (χ0n) is 12.0. The van der Waals surface area contributed by atoms with E-state index in [1.54, 1.807) is 18.2 Å². The number of allylic oxidation sites excluding steroid dienone is 2. The first kappa shape index (κ1) is 15.2. The Bertz CT molecular complexity index is 455. The lowest BCUT2D eigenvalue weighted by atomic mass is 9.99. The first-order valence-electron chi connectivity index (χ1n) is 6.52. The van der Waals surface area contributed by atoms with Gasteiger partial charge >= 0.3 is 5.97 Å². The van der Waals surface area contributed by atoms with Gasteiger partial charge in [-0.05, 0) is 51.8 Å². The molecule has 0 aromatic heterocycles. The molecule has 0 unspecified atom stereocenters. The minimum atomic E-state index is -0.626. The van der Waals surface area contributed by atoms with Crippen LogP contribution in [0, 0.1) is 0 Å². The van der Waals surface area contributed by atoms with Crippen LogP contribution in [0.1, 0.15) is 44.0 Å². The average molecular weight is 258 g/mol. The summed E-state index contributed by atoms with van der Waals surface area (Å²) in [5.41, 5.74) is 1.21. The van der Waals surface area contributed by atoms with Crippen molar-refractivity contribution in [3.05, 3.63) is 60.2 Å². The van der Waals surface area contributed by atoms with E-state index in [1.807, 2.05) is 25.1 Å². The van der Waals surface area contributed by atoms with Gasteiger partial charge in [-0.15, -0.1) is 0 Å². The summed E-state index contributed by atoms with van der Waals surface area (Å²) < 4.78 is 5.57.